The second-order valence-corrected chi connectivity index (χ2v) is 9.46. The highest BCUT2D eigenvalue weighted by Gasteiger charge is 2.37. The van der Waals surface area contributed by atoms with Gasteiger partial charge in [0.25, 0.3) is 0 Å². The van der Waals surface area contributed by atoms with Crippen LogP contribution < -0.4 is 5.32 Å². The first-order chi connectivity index (χ1) is 11.9. The van der Waals surface area contributed by atoms with Crippen LogP contribution in [0.2, 0.25) is 0 Å². The lowest BCUT2D eigenvalue weighted by molar-refractivity contribution is 0.109. The summed E-state index contributed by atoms with van der Waals surface area (Å²) in [5.74, 6) is 0. The molecule has 8 heteroatoms. The Hall–Kier alpha value is -0.860. The lowest BCUT2D eigenvalue weighted by Gasteiger charge is -2.40. The zero-order valence-electron chi connectivity index (χ0n) is 15.2. The third-order valence-corrected chi connectivity index (χ3v) is 7.03. The number of likely N-dealkylation sites (tertiary alicyclic amines) is 1. The van der Waals surface area contributed by atoms with E-state index in [1.165, 1.54) is 6.26 Å². The summed E-state index contributed by atoms with van der Waals surface area (Å²) in [5, 5.41) is 2.97. The molecule has 0 radical (unpaired) electrons. The fourth-order valence-electron chi connectivity index (χ4n) is 4.14. The van der Waals surface area contributed by atoms with Crippen molar-refractivity contribution in [1.29, 1.82) is 0 Å². The van der Waals surface area contributed by atoms with E-state index in [1.807, 2.05) is 4.90 Å². The molecule has 1 saturated carbocycles. The van der Waals surface area contributed by atoms with Gasteiger partial charge in [-0.3, -0.25) is 0 Å². The van der Waals surface area contributed by atoms with Crippen molar-refractivity contribution in [3.8, 4) is 0 Å². The number of nitrogens with zero attached hydrogens (tertiary/aromatic N) is 2. The molecule has 0 aromatic carbocycles. The lowest BCUT2D eigenvalue weighted by atomic mass is 9.91. The maximum atomic E-state index is 12.4. The molecule has 0 aromatic heterocycles. The van der Waals surface area contributed by atoms with Gasteiger partial charge >= 0.3 is 6.03 Å². The van der Waals surface area contributed by atoms with Crippen LogP contribution in [0.25, 0.3) is 0 Å². The third-order valence-electron chi connectivity index (χ3n) is 5.67. The van der Waals surface area contributed by atoms with Crippen molar-refractivity contribution in [2.75, 3.05) is 32.5 Å². The molecule has 25 heavy (non-hydrogen) atoms. The van der Waals surface area contributed by atoms with E-state index in [0.29, 0.717) is 19.6 Å². The van der Waals surface area contributed by atoms with Gasteiger partial charge < -0.3 is 15.0 Å². The van der Waals surface area contributed by atoms with Crippen molar-refractivity contribution in [1.82, 2.24) is 14.5 Å². The van der Waals surface area contributed by atoms with Crippen molar-refractivity contribution in [2.24, 2.45) is 0 Å². The number of amides is 2. The predicted molar refractivity (Wildman–Crippen MR) is 95.9 cm³/mol. The highest BCUT2D eigenvalue weighted by molar-refractivity contribution is 7.88. The lowest BCUT2D eigenvalue weighted by Crippen LogP contribution is -2.50. The molecule has 1 aliphatic carbocycles. The van der Waals surface area contributed by atoms with Gasteiger partial charge in [0.15, 0.2) is 0 Å². The Balaban J connectivity index is 1.53. The zero-order valence-corrected chi connectivity index (χ0v) is 16.0. The molecule has 0 aromatic rings. The van der Waals surface area contributed by atoms with Crippen molar-refractivity contribution in [3.63, 3.8) is 0 Å². The summed E-state index contributed by atoms with van der Waals surface area (Å²) >= 11 is 0. The number of hydrogen-bond donors (Lipinski definition) is 1. The van der Waals surface area contributed by atoms with Gasteiger partial charge in [0, 0.05) is 38.3 Å². The summed E-state index contributed by atoms with van der Waals surface area (Å²) in [7, 11) is -3.20. The maximum absolute atomic E-state index is 12.4. The molecular formula is C17H31N3O4S. The Morgan fingerprint density at radius 3 is 2.40 bits per heavy atom. The molecule has 3 fully saturated rings. The zero-order chi connectivity index (χ0) is 17.9. The number of carbonyl (C=O) groups is 1. The molecule has 7 nitrogen and oxygen atoms in total. The van der Waals surface area contributed by atoms with Gasteiger partial charge in [-0.05, 0) is 44.9 Å². The smallest absolute Gasteiger partial charge is 0.317 e. The predicted octanol–water partition coefficient (Wildman–Crippen LogP) is 1.54. The topological polar surface area (TPSA) is 79.0 Å². The van der Waals surface area contributed by atoms with Crippen LogP contribution in [0.3, 0.4) is 0 Å². The fourth-order valence-corrected chi connectivity index (χ4v) is 5.64. The number of urea groups is 1. The number of carbonyl (C=O) groups excluding carboxylic acids is 1. The Kier molecular flexibility index (Phi) is 6.22. The molecule has 0 unspecified atom stereocenters. The van der Waals surface area contributed by atoms with Gasteiger partial charge in [-0.2, -0.15) is 4.31 Å². The van der Waals surface area contributed by atoms with E-state index in [9.17, 15) is 13.2 Å². The van der Waals surface area contributed by atoms with Crippen molar-refractivity contribution in [2.45, 2.75) is 69.6 Å². The van der Waals surface area contributed by atoms with Gasteiger partial charge in [0.2, 0.25) is 10.0 Å². The number of rotatable bonds is 5. The van der Waals surface area contributed by atoms with Crippen LogP contribution in [0.4, 0.5) is 4.79 Å². The van der Waals surface area contributed by atoms with E-state index in [-0.39, 0.29) is 24.2 Å². The first-order valence-corrected chi connectivity index (χ1v) is 11.4. The van der Waals surface area contributed by atoms with Crippen LogP contribution in [-0.4, -0.2) is 74.3 Å². The first-order valence-electron chi connectivity index (χ1n) is 9.58. The van der Waals surface area contributed by atoms with Crippen LogP contribution >= 0.6 is 0 Å². The van der Waals surface area contributed by atoms with Gasteiger partial charge in [-0.15, -0.1) is 0 Å². The summed E-state index contributed by atoms with van der Waals surface area (Å²) < 4.78 is 31.8. The fraction of sp³-hybridized carbons (Fsp3) is 0.941. The van der Waals surface area contributed by atoms with Gasteiger partial charge in [-0.25, -0.2) is 13.2 Å². The van der Waals surface area contributed by atoms with Crippen LogP contribution in [0.5, 0.6) is 0 Å². The summed E-state index contributed by atoms with van der Waals surface area (Å²) in [4.78, 5) is 14.2. The van der Waals surface area contributed by atoms with E-state index in [2.05, 4.69) is 5.32 Å². The second kappa shape index (κ2) is 8.22. The standard InChI is InChI=1S/C17H31N3O4S/c1-25(22,23)20(14-5-2-6-14)15-7-3-10-19(11-9-15)17(21)18-13-16-8-4-12-24-16/h14-16H,2-13H2,1H3,(H,18,21)/t15-,16+/m0/s1. The molecule has 144 valence electrons. The third kappa shape index (κ3) is 4.86. The monoisotopic (exact) mass is 373 g/mol. The van der Waals surface area contributed by atoms with Crippen molar-refractivity contribution < 1.29 is 17.9 Å². The summed E-state index contributed by atoms with van der Waals surface area (Å²) in [5.41, 5.74) is 0. The van der Waals surface area contributed by atoms with Crippen LogP contribution in [0.15, 0.2) is 0 Å². The Labute approximate surface area is 151 Å². The SMILES string of the molecule is CS(=O)(=O)N(C1CCC1)[C@H]1CCCN(C(=O)NC[C@H]2CCCO2)CC1. The summed E-state index contributed by atoms with van der Waals surface area (Å²) in [6.07, 6.45) is 8.98. The average Bonchev–Trinajstić information content (AvgIpc) is 2.91. The van der Waals surface area contributed by atoms with Crippen LogP contribution in [-0.2, 0) is 14.8 Å². The molecule has 2 atom stereocenters. The minimum Gasteiger partial charge on any atom is -0.376 e. The minimum atomic E-state index is -3.20. The number of hydrogen-bond acceptors (Lipinski definition) is 4. The Morgan fingerprint density at radius 1 is 1.08 bits per heavy atom. The number of sulfonamides is 1. The quantitative estimate of drug-likeness (QED) is 0.793. The average molecular weight is 374 g/mol. The number of nitrogens with one attached hydrogen (secondary N) is 1. The molecule has 3 aliphatic rings. The first kappa shape index (κ1) is 18.9. The van der Waals surface area contributed by atoms with Gasteiger partial charge in [-0.1, -0.05) is 6.42 Å². The molecule has 0 bridgehead atoms. The summed E-state index contributed by atoms with van der Waals surface area (Å²) in [6, 6.07) is 0.141. The van der Waals surface area contributed by atoms with Gasteiger partial charge in [0.05, 0.1) is 12.4 Å². The minimum absolute atomic E-state index is 0.0243. The van der Waals surface area contributed by atoms with Gasteiger partial charge in [0.1, 0.15) is 0 Å². The largest absolute Gasteiger partial charge is 0.376 e. The molecule has 2 aliphatic heterocycles. The molecule has 1 N–H and O–H groups in total. The Morgan fingerprint density at radius 2 is 1.80 bits per heavy atom. The summed E-state index contributed by atoms with van der Waals surface area (Å²) in [6.45, 7) is 2.65. The normalized spacial score (nSPS) is 28.6. The highest BCUT2D eigenvalue weighted by atomic mass is 32.2. The molecular weight excluding hydrogens is 342 g/mol. The second-order valence-electron chi connectivity index (χ2n) is 7.57. The van der Waals surface area contributed by atoms with Crippen LogP contribution in [0.1, 0.15) is 51.4 Å². The van der Waals surface area contributed by atoms with E-state index >= 15 is 0 Å². The highest BCUT2D eigenvalue weighted by Crippen LogP contribution is 2.31. The molecule has 3 rings (SSSR count). The van der Waals surface area contributed by atoms with Crippen molar-refractivity contribution in [3.05, 3.63) is 0 Å². The molecule has 0 spiro atoms. The molecule has 2 saturated heterocycles. The Bertz CT molecular complexity index is 558. The van der Waals surface area contributed by atoms with Crippen molar-refractivity contribution >= 4 is 16.1 Å². The van der Waals surface area contributed by atoms with E-state index < -0.39 is 10.0 Å². The number of ether oxygens (including phenoxy) is 1. The van der Waals surface area contributed by atoms with Crippen LogP contribution in [0, 0.1) is 0 Å². The van der Waals surface area contributed by atoms with E-state index in [0.717, 1.165) is 58.0 Å². The maximum Gasteiger partial charge on any atom is 0.317 e. The van der Waals surface area contributed by atoms with E-state index in [4.69, 9.17) is 4.74 Å². The molecule has 2 amide bonds. The molecule has 2 heterocycles. The van der Waals surface area contributed by atoms with E-state index in [1.54, 1.807) is 4.31 Å².